The molecular weight excluding hydrogens is 329 g/mol. The summed E-state index contributed by atoms with van der Waals surface area (Å²) in [5, 5.41) is 0. The van der Waals surface area contributed by atoms with Gasteiger partial charge in [-0.2, -0.15) is 0 Å². The fourth-order valence-corrected chi connectivity index (χ4v) is 2.65. The highest BCUT2D eigenvalue weighted by Gasteiger charge is 2.17. The topological polar surface area (TPSA) is 26.8 Å². The zero-order chi connectivity index (χ0) is 19.1. The van der Waals surface area contributed by atoms with Crippen LogP contribution in [0.2, 0.25) is 0 Å². The van der Waals surface area contributed by atoms with E-state index in [0.29, 0.717) is 18.7 Å². The van der Waals surface area contributed by atoms with Crippen LogP contribution >= 0.6 is 0 Å². The third-order valence-electron chi connectivity index (χ3n) is 4.40. The Morgan fingerprint density at radius 1 is 1.00 bits per heavy atom. The van der Waals surface area contributed by atoms with Crippen LogP contribution in [0.25, 0.3) is 0 Å². The van der Waals surface area contributed by atoms with Gasteiger partial charge in [0.05, 0.1) is 0 Å². The van der Waals surface area contributed by atoms with E-state index in [1.54, 1.807) is 11.0 Å². The average Bonchev–Trinajstić information content (AvgIpc) is 2.64. The molecule has 0 aromatic heterocycles. The van der Waals surface area contributed by atoms with Gasteiger partial charge in [-0.1, -0.05) is 12.1 Å². The Bertz CT molecular complexity index is 715. The summed E-state index contributed by atoms with van der Waals surface area (Å²) in [4.78, 5) is 18.9. The number of anilines is 1. The molecule has 2 aromatic rings. The van der Waals surface area contributed by atoms with Crippen LogP contribution in [-0.4, -0.2) is 56.5 Å². The second kappa shape index (κ2) is 9.34. The van der Waals surface area contributed by atoms with Crippen molar-refractivity contribution in [3.8, 4) is 0 Å². The lowest BCUT2D eigenvalue weighted by molar-refractivity contribution is 0.0732. The number of likely N-dealkylation sites (N-methyl/N-ethyl adjacent to an activating group) is 1. The van der Waals surface area contributed by atoms with Gasteiger partial charge in [-0.25, -0.2) is 4.39 Å². The van der Waals surface area contributed by atoms with Gasteiger partial charge < -0.3 is 14.7 Å². The third-order valence-corrected chi connectivity index (χ3v) is 4.40. The number of benzene rings is 2. The summed E-state index contributed by atoms with van der Waals surface area (Å²) in [6.07, 6.45) is 0. The number of amides is 1. The normalized spacial score (nSPS) is 10.8. The summed E-state index contributed by atoms with van der Waals surface area (Å²) >= 11 is 0. The predicted octanol–water partition coefficient (Wildman–Crippen LogP) is 3.49. The summed E-state index contributed by atoms with van der Waals surface area (Å²) < 4.78 is 13.5. The molecule has 0 atom stereocenters. The Hall–Kier alpha value is -2.40. The van der Waals surface area contributed by atoms with Gasteiger partial charge in [-0.15, -0.1) is 0 Å². The van der Waals surface area contributed by atoms with Crippen molar-refractivity contribution >= 4 is 11.6 Å². The van der Waals surface area contributed by atoms with Gasteiger partial charge in [-0.05, 0) is 63.0 Å². The Morgan fingerprint density at radius 3 is 2.27 bits per heavy atom. The molecule has 0 saturated carbocycles. The molecule has 2 rings (SSSR count). The highest BCUT2D eigenvalue weighted by molar-refractivity contribution is 5.94. The van der Waals surface area contributed by atoms with Crippen LogP contribution < -0.4 is 4.90 Å². The van der Waals surface area contributed by atoms with E-state index in [-0.39, 0.29) is 11.7 Å². The van der Waals surface area contributed by atoms with Crippen molar-refractivity contribution in [2.24, 2.45) is 0 Å². The number of halogens is 1. The summed E-state index contributed by atoms with van der Waals surface area (Å²) in [6.45, 7) is 4.71. The van der Waals surface area contributed by atoms with Crippen LogP contribution in [0.1, 0.15) is 22.8 Å². The molecule has 26 heavy (non-hydrogen) atoms. The van der Waals surface area contributed by atoms with E-state index in [1.807, 2.05) is 56.4 Å². The minimum atomic E-state index is -0.283. The number of hydrogen-bond donors (Lipinski definition) is 0. The fourth-order valence-electron chi connectivity index (χ4n) is 2.65. The Morgan fingerprint density at radius 2 is 1.69 bits per heavy atom. The highest BCUT2D eigenvalue weighted by Crippen LogP contribution is 2.16. The lowest BCUT2D eigenvalue weighted by Crippen LogP contribution is -2.36. The van der Waals surface area contributed by atoms with Crippen LogP contribution in [0, 0.1) is 5.82 Å². The average molecular weight is 357 g/mol. The third kappa shape index (κ3) is 5.56. The largest absolute Gasteiger partial charge is 0.375 e. The van der Waals surface area contributed by atoms with Crippen molar-refractivity contribution in [1.82, 2.24) is 9.80 Å². The lowest BCUT2D eigenvalue weighted by atomic mass is 10.1. The maximum absolute atomic E-state index is 13.5. The number of carbonyl (C=O) groups is 1. The van der Waals surface area contributed by atoms with E-state index in [0.717, 1.165) is 24.3 Å². The first kappa shape index (κ1) is 19.9. The van der Waals surface area contributed by atoms with E-state index in [9.17, 15) is 9.18 Å². The summed E-state index contributed by atoms with van der Waals surface area (Å²) in [7, 11) is 5.96. The van der Waals surface area contributed by atoms with Crippen LogP contribution in [0.5, 0.6) is 0 Å². The minimum absolute atomic E-state index is 0.0400. The predicted molar refractivity (Wildman–Crippen MR) is 105 cm³/mol. The van der Waals surface area contributed by atoms with Crippen LogP contribution in [-0.2, 0) is 6.54 Å². The molecule has 0 fully saturated rings. The first-order valence-electron chi connectivity index (χ1n) is 8.90. The van der Waals surface area contributed by atoms with E-state index in [2.05, 4.69) is 11.8 Å². The molecule has 0 N–H and O–H groups in total. The van der Waals surface area contributed by atoms with Crippen LogP contribution in [0.15, 0.2) is 48.5 Å². The number of rotatable bonds is 8. The van der Waals surface area contributed by atoms with Gasteiger partial charge in [-0.3, -0.25) is 4.79 Å². The van der Waals surface area contributed by atoms with Gasteiger partial charge in [0.2, 0.25) is 0 Å². The Balaban J connectivity index is 2.18. The van der Waals surface area contributed by atoms with Crippen molar-refractivity contribution in [3.05, 3.63) is 65.5 Å². The first-order chi connectivity index (χ1) is 12.4. The van der Waals surface area contributed by atoms with E-state index < -0.39 is 0 Å². The number of nitrogens with zero attached hydrogens (tertiary/aromatic N) is 3. The van der Waals surface area contributed by atoms with E-state index in [4.69, 9.17) is 0 Å². The lowest BCUT2D eigenvalue weighted by Gasteiger charge is -2.25. The summed E-state index contributed by atoms with van der Waals surface area (Å²) in [6, 6.07) is 14.1. The number of hydrogen-bond acceptors (Lipinski definition) is 3. The van der Waals surface area contributed by atoms with E-state index in [1.165, 1.54) is 12.1 Å². The Labute approximate surface area is 155 Å². The van der Waals surface area contributed by atoms with Crippen molar-refractivity contribution in [2.75, 3.05) is 45.7 Å². The Kier molecular flexibility index (Phi) is 7.16. The molecule has 0 aliphatic heterocycles. The van der Waals surface area contributed by atoms with Gasteiger partial charge >= 0.3 is 0 Å². The zero-order valence-corrected chi connectivity index (χ0v) is 16.1. The van der Waals surface area contributed by atoms with Crippen LogP contribution in [0.3, 0.4) is 0 Å². The van der Waals surface area contributed by atoms with Crippen molar-refractivity contribution < 1.29 is 9.18 Å². The summed E-state index contributed by atoms with van der Waals surface area (Å²) in [5.74, 6) is -0.323. The van der Waals surface area contributed by atoms with Gasteiger partial charge in [0.15, 0.2) is 0 Å². The van der Waals surface area contributed by atoms with Gasteiger partial charge in [0, 0.05) is 44.5 Å². The van der Waals surface area contributed by atoms with Crippen LogP contribution in [0.4, 0.5) is 10.1 Å². The van der Waals surface area contributed by atoms with Crippen molar-refractivity contribution in [3.63, 3.8) is 0 Å². The molecule has 0 saturated heterocycles. The molecule has 5 heteroatoms. The molecule has 0 radical (unpaired) electrons. The molecule has 0 heterocycles. The van der Waals surface area contributed by atoms with Crippen molar-refractivity contribution in [1.29, 1.82) is 0 Å². The maximum Gasteiger partial charge on any atom is 0.254 e. The monoisotopic (exact) mass is 357 g/mol. The molecule has 0 bridgehead atoms. The molecular formula is C21H28FN3O. The highest BCUT2D eigenvalue weighted by atomic mass is 19.1. The second-order valence-corrected chi connectivity index (χ2v) is 6.72. The van der Waals surface area contributed by atoms with E-state index >= 15 is 0 Å². The quantitative estimate of drug-likeness (QED) is 0.724. The van der Waals surface area contributed by atoms with Gasteiger partial charge in [0.25, 0.3) is 5.91 Å². The molecule has 0 unspecified atom stereocenters. The van der Waals surface area contributed by atoms with Crippen molar-refractivity contribution in [2.45, 2.75) is 13.5 Å². The molecule has 140 valence electrons. The molecule has 0 spiro atoms. The number of carbonyl (C=O) groups excluding carboxylic acids is 1. The summed E-state index contributed by atoms with van der Waals surface area (Å²) in [5.41, 5.74) is 2.52. The molecule has 2 aromatic carbocycles. The fraction of sp³-hybridized carbons (Fsp3) is 0.381. The minimum Gasteiger partial charge on any atom is -0.375 e. The smallest absolute Gasteiger partial charge is 0.254 e. The standard InChI is InChI=1S/C21H28FN3O/c1-5-24(4)20-11-9-18(10-12-20)21(26)25(14-13-23(2)3)16-17-7-6-8-19(22)15-17/h6-12,15H,5,13-14,16H2,1-4H3. The van der Waals surface area contributed by atoms with Gasteiger partial charge in [0.1, 0.15) is 5.82 Å². The SMILES string of the molecule is CCN(C)c1ccc(C(=O)N(CCN(C)C)Cc2cccc(F)c2)cc1. The first-order valence-corrected chi connectivity index (χ1v) is 8.90. The zero-order valence-electron chi connectivity index (χ0n) is 16.1. The molecule has 0 aliphatic carbocycles. The molecule has 4 nitrogen and oxygen atoms in total. The molecule has 1 amide bonds. The molecule has 0 aliphatic rings. The second-order valence-electron chi connectivity index (χ2n) is 6.72. The maximum atomic E-state index is 13.5.